The molecule has 0 radical (unpaired) electrons. The van der Waals surface area contributed by atoms with Crippen molar-refractivity contribution in [1.29, 1.82) is 0 Å². The Labute approximate surface area is 85.7 Å². The molecule has 1 N–H and O–H groups in total. The lowest BCUT2D eigenvalue weighted by Crippen LogP contribution is -2.25. The highest BCUT2D eigenvalue weighted by molar-refractivity contribution is 4.85. The molecular weight excluding hydrogens is 176 g/mol. The van der Waals surface area contributed by atoms with Crippen LogP contribution in [0, 0.1) is 0 Å². The minimum atomic E-state index is 0.608. The second kappa shape index (κ2) is 5.75. The predicted molar refractivity (Wildman–Crippen MR) is 57.1 cm³/mol. The van der Waals surface area contributed by atoms with E-state index in [9.17, 15) is 0 Å². The largest absolute Gasteiger partial charge is 0.317 e. The zero-order valence-corrected chi connectivity index (χ0v) is 9.32. The Morgan fingerprint density at radius 2 is 2.29 bits per heavy atom. The molecule has 1 rings (SSSR count). The van der Waals surface area contributed by atoms with E-state index in [1.807, 2.05) is 18.8 Å². The van der Waals surface area contributed by atoms with Gasteiger partial charge >= 0.3 is 0 Å². The fourth-order valence-electron chi connectivity index (χ4n) is 1.63. The first-order valence-corrected chi connectivity index (χ1v) is 5.28. The lowest BCUT2D eigenvalue weighted by atomic mass is 10.1. The van der Waals surface area contributed by atoms with Crippen LogP contribution in [-0.2, 0) is 13.5 Å². The van der Waals surface area contributed by atoms with Crippen LogP contribution in [0.25, 0.3) is 0 Å². The zero-order valence-electron chi connectivity index (χ0n) is 9.32. The summed E-state index contributed by atoms with van der Waals surface area (Å²) in [5, 5.41) is 7.38. The van der Waals surface area contributed by atoms with Crippen LogP contribution >= 0.6 is 0 Å². The molecular formula is C10H20N4. The third-order valence-electron chi connectivity index (χ3n) is 2.57. The number of nitrogens with zero attached hydrogens (tertiary/aromatic N) is 3. The Hall–Kier alpha value is -0.900. The molecule has 0 aliphatic heterocycles. The van der Waals surface area contributed by atoms with E-state index in [0.717, 1.165) is 18.7 Å². The molecule has 0 aliphatic carbocycles. The highest BCUT2D eigenvalue weighted by atomic mass is 15.3. The average Bonchev–Trinajstić information content (AvgIpc) is 2.59. The Kier molecular flexibility index (Phi) is 4.59. The average molecular weight is 196 g/mol. The molecule has 0 amide bonds. The fraction of sp³-hybridized carbons (Fsp3) is 0.800. The predicted octanol–water partition coefficient (Wildman–Crippen LogP) is 1.14. The van der Waals surface area contributed by atoms with Gasteiger partial charge in [-0.25, -0.2) is 4.98 Å². The highest BCUT2D eigenvalue weighted by Gasteiger charge is 2.07. The second-order valence-corrected chi connectivity index (χ2v) is 3.61. The summed E-state index contributed by atoms with van der Waals surface area (Å²) < 4.78 is 1.85. The van der Waals surface area contributed by atoms with Crippen molar-refractivity contribution in [1.82, 2.24) is 20.1 Å². The Morgan fingerprint density at radius 3 is 2.79 bits per heavy atom. The summed E-state index contributed by atoms with van der Waals surface area (Å²) in [6.07, 6.45) is 6.21. The smallest absolute Gasteiger partial charge is 0.138 e. The second-order valence-electron chi connectivity index (χ2n) is 3.61. The molecule has 0 aromatic carbocycles. The van der Waals surface area contributed by atoms with Crippen molar-refractivity contribution in [2.24, 2.45) is 7.05 Å². The molecule has 0 aliphatic rings. The van der Waals surface area contributed by atoms with E-state index in [-0.39, 0.29) is 0 Å². The van der Waals surface area contributed by atoms with Gasteiger partial charge in [-0.2, -0.15) is 5.10 Å². The fourth-order valence-corrected chi connectivity index (χ4v) is 1.63. The molecule has 1 aromatic rings. The van der Waals surface area contributed by atoms with Gasteiger partial charge in [-0.05, 0) is 19.9 Å². The molecule has 0 saturated heterocycles. The van der Waals surface area contributed by atoms with Gasteiger partial charge in [0.1, 0.15) is 12.2 Å². The van der Waals surface area contributed by atoms with Gasteiger partial charge in [0.15, 0.2) is 0 Å². The van der Waals surface area contributed by atoms with Crippen molar-refractivity contribution >= 4 is 0 Å². The number of hydrogen-bond donors (Lipinski definition) is 1. The van der Waals surface area contributed by atoms with Crippen molar-refractivity contribution < 1.29 is 0 Å². The van der Waals surface area contributed by atoms with E-state index >= 15 is 0 Å². The molecule has 1 heterocycles. The van der Waals surface area contributed by atoms with Crippen molar-refractivity contribution in [2.75, 3.05) is 7.05 Å². The Morgan fingerprint density at radius 1 is 1.50 bits per heavy atom. The van der Waals surface area contributed by atoms with Crippen LogP contribution in [0.4, 0.5) is 0 Å². The minimum absolute atomic E-state index is 0.608. The topological polar surface area (TPSA) is 42.7 Å². The summed E-state index contributed by atoms with van der Waals surface area (Å²) in [5.41, 5.74) is 0. The maximum atomic E-state index is 4.21. The van der Waals surface area contributed by atoms with E-state index < -0.39 is 0 Å². The van der Waals surface area contributed by atoms with Crippen LogP contribution in [0.15, 0.2) is 6.33 Å². The molecule has 14 heavy (non-hydrogen) atoms. The lowest BCUT2D eigenvalue weighted by molar-refractivity contribution is 0.474. The maximum absolute atomic E-state index is 4.21. The SMILES string of the molecule is CCCC(CCc1ncnn1C)NC. The van der Waals surface area contributed by atoms with E-state index in [0.29, 0.717) is 6.04 Å². The van der Waals surface area contributed by atoms with E-state index in [2.05, 4.69) is 22.3 Å². The summed E-state index contributed by atoms with van der Waals surface area (Å²) in [5.74, 6) is 1.07. The van der Waals surface area contributed by atoms with Crippen LogP contribution in [0.2, 0.25) is 0 Å². The number of rotatable bonds is 6. The van der Waals surface area contributed by atoms with Gasteiger partial charge in [-0.15, -0.1) is 0 Å². The molecule has 0 saturated carbocycles. The molecule has 0 bridgehead atoms. The third-order valence-corrected chi connectivity index (χ3v) is 2.57. The lowest BCUT2D eigenvalue weighted by Gasteiger charge is -2.14. The highest BCUT2D eigenvalue weighted by Crippen LogP contribution is 2.05. The van der Waals surface area contributed by atoms with Gasteiger partial charge in [0.05, 0.1) is 0 Å². The van der Waals surface area contributed by atoms with Gasteiger partial charge in [-0.1, -0.05) is 13.3 Å². The van der Waals surface area contributed by atoms with Gasteiger partial charge in [0.2, 0.25) is 0 Å². The summed E-state index contributed by atoms with van der Waals surface area (Å²) in [6, 6.07) is 0.608. The van der Waals surface area contributed by atoms with Crippen molar-refractivity contribution in [3.63, 3.8) is 0 Å². The number of aryl methyl sites for hydroxylation is 2. The summed E-state index contributed by atoms with van der Waals surface area (Å²) in [6.45, 7) is 2.21. The van der Waals surface area contributed by atoms with Gasteiger partial charge in [0.25, 0.3) is 0 Å². The monoisotopic (exact) mass is 196 g/mol. The van der Waals surface area contributed by atoms with Gasteiger partial charge in [-0.3, -0.25) is 4.68 Å². The normalized spacial score (nSPS) is 13.1. The van der Waals surface area contributed by atoms with Gasteiger partial charge < -0.3 is 5.32 Å². The van der Waals surface area contributed by atoms with Crippen LogP contribution in [0.5, 0.6) is 0 Å². The standard InChI is InChI=1S/C10H20N4/c1-4-5-9(11-2)6-7-10-12-8-13-14(10)3/h8-9,11H,4-7H2,1-3H3. The van der Waals surface area contributed by atoms with Crippen molar-refractivity contribution in [3.8, 4) is 0 Å². The minimum Gasteiger partial charge on any atom is -0.317 e. The van der Waals surface area contributed by atoms with Crippen molar-refractivity contribution in [3.05, 3.63) is 12.2 Å². The van der Waals surface area contributed by atoms with Gasteiger partial charge in [0, 0.05) is 19.5 Å². The van der Waals surface area contributed by atoms with E-state index in [1.165, 1.54) is 12.8 Å². The van der Waals surface area contributed by atoms with Crippen LogP contribution < -0.4 is 5.32 Å². The molecule has 4 heteroatoms. The summed E-state index contributed by atoms with van der Waals surface area (Å²) in [7, 11) is 3.97. The van der Waals surface area contributed by atoms with Crippen LogP contribution in [0.1, 0.15) is 32.0 Å². The molecule has 1 unspecified atom stereocenters. The molecule has 1 aromatic heterocycles. The maximum Gasteiger partial charge on any atom is 0.138 e. The van der Waals surface area contributed by atoms with Crippen molar-refractivity contribution in [2.45, 2.75) is 38.6 Å². The molecule has 4 nitrogen and oxygen atoms in total. The first-order chi connectivity index (χ1) is 6.77. The van der Waals surface area contributed by atoms with E-state index in [1.54, 1.807) is 6.33 Å². The quantitative estimate of drug-likeness (QED) is 0.742. The van der Waals surface area contributed by atoms with E-state index in [4.69, 9.17) is 0 Å². The first-order valence-electron chi connectivity index (χ1n) is 5.28. The zero-order chi connectivity index (χ0) is 10.4. The molecule has 0 spiro atoms. The molecule has 0 fully saturated rings. The first kappa shape index (κ1) is 11.2. The number of nitrogens with one attached hydrogen (secondary N) is 1. The number of aromatic nitrogens is 3. The molecule has 80 valence electrons. The third kappa shape index (κ3) is 3.10. The van der Waals surface area contributed by atoms with Crippen LogP contribution in [0.3, 0.4) is 0 Å². The Bertz CT molecular complexity index is 256. The Balaban J connectivity index is 2.35. The van der Waals surface area contributed by atoms with Crippen LogP contribution in [-0.4, -0.2) is 27.9 Å². The molecule has 1 atom stereocenters. The summed E-state index contributed by atoms with van der Waals surface area (Å²) >= 11 is 0. The summed E-state index contributed by atoms with van der Waals surface area (Å²) in [4.78, 5) is 4.21. The number of hydrogen-bond acceptors (Lipinski definition) is 3.